The quantitative estimate of drug-likeness (QED) is 0.811. The molecule has 0 bridgehead atoms. The van der Waals surface area contributed by atoms with Crippen LogP contribution in [0, 0.1) is 0 Å². The van der Waals surface area contributed by atoms with Gasteiger partial charge in [-0.25, -0.2) is 4.79 Å². The minimum atomic E-state index is -0.236. The molecule has 3 N–H and O–H groups in total. The van der Waals surface area contributed by atoms with Crippen LogP contribution in [0.4, 0.5) is 4.79 Å². The van der Waals surface area contributed by atoms with Gasteiger partial charge in [-0.15, -0.1) is 0 Å². The average molecular weight is 325 g/mol. The highest BCUT2D eigenvalue weighted by Crippen LogP contribution is 2.31. The van der Waals surface area contributed by atoms with E-state index in [0.717, 1.165) is 25.7 Å². The molecule has 0 heterocycles. The molecule has 5 heteroatoms. The predicted molar refractivity (Wildman–Crippen MR) is 81.1 cm³/mol. The molecule has 0 aromatic heterocycles. The molecule has 0 saturated heterocycles. The molecule has 0 radical (unpaired) electrons. The zero-order valence-corrected chi connectivity index (χ0v) is 13.9. The van der Waals surface area contributed by atoms with Crippen molar-refractivity contribution in [1.29, 1.82) is 0 Å². The molecule has 122 valence electrons. The Hall–Kier alpha value is -1.26. The van der Waals surface area contributed by atoms with Crippen LogP contribution < -0.4 is 22.9 Å². The fourth-order valence-electron chi connectivity index (χ4n) is 3.52. The van der Waals surface area contributed by atoms with Crippen LogP contribution in [0.1, 0.15) is 55.7 Å². The molecule has 1 fully saturated rings. The fourth-order valence-corrected chi connectivity index (χ4v) is 3.52. The Balaban J connectivity index is 0.00000176. The number of carbonyl (C=O) groups is 1. The summed E-state index contributed by atoms with van der Waals surface area (Å²) in [5, 5.41) is 0. The molecular weight excluding hydrogens is 300 g/mol. The molecule has 0 spiro atoms. The second kappa shape index (κ2) is 7.34. The number of fused-ring (bicyclic) bond motifs is 1. The van der Waals surface area contributed by atoms with E-state index in [1.54, 1.807) is 4.90 Å². The number of carbonyl (C=O) groups excluding carboxylic acids is 1. The van der Waals surface area contributed by atoms with Gasteiger partial charge >= 0.3 is 6.09 Å². The third-order valence-electron chi connectivity index (χ3n) is 4.93. The minimum Gasteiger partial charge on any atom is -1.00 e. The molecule has 1 amide bonds. The lowest BCUT2D eigenvalue weighted by molar-refractivity contribution is -0.425. The maximum atomic E-state index is 12.3. The standard InChI is InChI=1S/C17H24N2O2.ClH/c1-19(13-5-3-2-4-6-13)17(20)21-14-9-7-12-8-10-16(18)15(12)11-14;/h7,9,11,13,16H,2-6,8,10,18H2,1H3;1H. The largest absolute Gasteiger partial charge is 1.00 e. The number of benzene rings is 1. The Kier molecular flexibility index (Phi) is 5.70. The van der Waals surface area contributed by atoms with Crippen LogP contribution in [0.5, 0.6) is 5.75 Å². The highest BCUT2D eigenvalue weighted by molar-refractivity contribution is 5.71. The Morgan fingerprint density at radius 3 is 2.68 bits per heavy atom. The van der Waals surface area contributed by atoms with Crippen molar-refractivity contribution in [3.05, 3.63) is 29.3 Å². The molecule has 3 rings (SSSR count). The van der Waals surface area contributed by atoms with E-state index in [1.807, 2.05) is 19.2 Å². The number of ether oxygens (including phenoxy) is 1. The summed E-state index contributed by atoms with van der Waals surface area (Å²) in [4.78, 5) is 14.1. The van der Waals surface area contributed by atoms with Crippen molar-refractivity contribution in [3.8, 4) is 5.75 Å². The van der Waals surface area contributed by atoms with Crippen LogP contribution in [-0.2, 0) is 6.42 Å². The van der Waals surface area contributed by atoms with Crippen molar-refractivity contribution in [2.45, 2.75) is 57.0 Å². The normalized spacial score (nSPS) is 20.9. The number of nitrogens with zero attached hydrogens (tertiary/aromatic N) is 1. The van der Waals surface area contributed by atoms with Gasteiger partial charge in [0.25, 0.3) is 0 Å². The van der Waals surface area contributed by atoms with Crippen molar-refractivity contribution in [3.63, 3.8) is 0 Å². The second-order valence-corrected chi connectivity index (χ2v) is 6.37. The summed E-state index contributed by atoms with van der Waals surface area (Å²) in [6, 6.07) is 6.64. The molecule has 1 atom stereocenters. The van der Waals surface area contributed by atoms with Crippen LogP contribution in [0.2, 0.25) is 0 Å². The monoisotopic (exact) mass is 324 g/mol. The van der Waals surface area contributed by atoms with Crippen molar-refractivity contribution < 1.29 is 27.7 Å². The second-order valence-electron chi connectivity index (χ2n) is 6.37. The zero-order valence-electron chi connectivity index (χ0n) is 13.2. The first-order chi connectivity index (χ1) is 10.1. The topological polar surface area (TPSA) is 57.2 Å². The number of hydrogen-bond acceptors (Lipinski definition) is 2. The number of quaternary nitrogens is 1. The van der Waals surface area contributed by atoms with Gasteiger partial charge in [-0.1, -0.05) is 25.3 Å². The Morgan fingerprint density at radius 2 is 1.95 bits per heavy atom. The summed E-state index contributed by atoms with van der Waals surface area (Å²) < 4.78 is 5.56. The molecule has 4 nitrogen and oxygen atoms in total. The summed E-state index contributed by atoms with van der Waals surface area (Å²) in [6.07, 6.45) is 7.84. The van der Waals surface area contributed by atoms with Crippen LogP contribution in [0.25, 0.3) is 0 Å². The van der Waals surface area contributed by atoms with Crippen LogP contribution in [0.15, 0.2) is 18.2 Å². The van der Waals surface area contributed by atoms with E-state index in [-0.39, 0.29) is 18.5 Å². The summed E-state index contributed by atoms with van der Waals surface area (Å²) in [5.41, 5.74) is 6.74. The third kappa shape index (κ3) is 3.55. The molecule has 2 aliphatic rings. The van der Waals surface area contributed by atoms with Crippen LogP contribution >= 0.6 is 0 Å². The maximum Gasteiger partial charge on any atom is 0.415 e. The van der Waals surface area contributed by atoms with Crippen molar-refractivity contribution in [1.82, 2.24) is 4.90 Å². The predicted octanol–water partition coefficient (Wildman–Crippen LogP) is -0.317. The van der Waals surface area contributed by atoms with E-state index in [4.69, 9.17) is 4.74 Å². The fraction of sp³-hybridized carbons (Fsp3) is 0.588. The summed E-state index contributed by atoms with van der Waals surface area (Å²) in [6.45, 7) is 0. The van der Waals surface area contributed by atoms with Gasteiger partial charge in [-0.05, 0) is 37.0 Å². The van der Waals surface area contributed by atoms with Crippen molar-refractivity contribution in [2.75, 3.05) is 7.05 Å². The highest BCUT2D eigenvalue weighted by Gasteiger charge is 2.25. The van der Waals surface area contributed by atoms with Gasteiger partial charge in [0, 0.05) is 25.1 Å². The number of halogens is 1. The Bertz CT molecular complexity index is 529. The molecule has 22 heavy (non-hydrogen) atoms. The zero-order chi connectivity index (χ0) is 14.8. The number of hydrogen-bond donors (Lipinski definition) is 1. The van der Waals surface area contributed by atoms with Gasteiger partial charge < -0.3 is 27.8 Å². The summed E-state index contributed by atoms with van der Waals surface area (Å²) in [5.74, 6) is 0.650. The van der Waals surface area contributed by atoms with Crippen molar-refractivity contribution in [2.24, 2.45) is 0 Å². The highest BCUT2D eigenvalue weighted by atomic mass is 35.5. The van der Waals surface area contributed by atoms with Crippen molar-refractivity contribution >= 4 is 6.09 Å². The Labute approximate surface area is 138 Å². The van der Waals surface area contributed by atoms with Gasteiger partial charge in [0.15, 0.2) is 0 Å². The third-order valence-corrected chi connectivity index (χ3v) is 4.93. The molecule has 1 saturated carbocycles. The van der Waals surface area contributed by atoms with E-state index < -0.39 is 0 Å². The van der Waals surface area contributed by atoms with Gasteiger partial charge in [0.1, 0.15) is 11.8 Å². The van der Waals surface area contributed by atoms with Gasteiger partial charge in [-0.3, -0.25) is 0 Å². The first-order valence-electron chi connectivity index (χ1n) is 8.05. The van der Waals surface area contributed by atoms with E-state index in [1.165, 1.54) is 30.4 Å². The smallest absolute Gasteiger partial charge is 0.415 e. The first kappa shape index (κ1) is 17.1. The van der Waals surface area contributed by atoms with E-state index in [2.05, 4.69) is 11.8 Å². The number of amides is 1. The van der Waals surface area contributed by atoms with E-state index in [0.29, 0.717) is 17.8 Å². The Morgan fingerprint density at radius 1 is 1.23 bits per heavy atom. The van der Waals surface area contributed by atoms with E-state index in [9.17, 15) is 4.79 Å². The van der Waals surface area contributed by atoms with E-state index >= 15 is 0 Å². The SMILES string of the molecule is CN(C(=O)Oc1ccc2c(c1)C([NH3+])CC2)C1CCCCC1.[Cl-]. The molecule has 2 aliphatic carbocycles. The first-order valence-corrected chi connectivity index (χ1v) is 8.05. The molecular formula is C17H25ClN2O2. The lowest BCUT2D eigenvalue weighted by Crippen LogP contribution is -3.00. The van der Waals surface area contributed by atoms with Gasteiger partial charge in [0.2, 0.25) is 0 Å². The minimum absolute atomic E-state index is 0. The van der Waals surface area contributed by atoms with Gasteiger partial charge in [0.05, 0.1) is 0 Å². The maximum absolute atomic E-state index is 12.3. The summed E-state index contributed by atoms with van der Waals surface area (Å²) in [7, 11) is 1.86. The van der Waals surface area contributed by atoms with Gasteiger partial charge in [-0.2, -0.15) is 0 Å². The van der Waals surface area contributed by atoms with Crippen LogP contribution in [-0.4, -0.2) is 24.1 Å². The number of rotatable bonds is 2. The lowest BCUT2D eigenvalue weighted by Gasteiger charge is -2.30. The average Bonchev–Trinajstić information content (AvgIpc) is 2.88. The van der Waals surface area contributed by atoms with Crippen LogP contribution in [0.3, 0.4) is 0 Å². The molecule has 1 aromatic carbocycles. The number of aryl methyl sites for hydroxylation is 1. The summed E-state index contributed by atoms with van der Waals surface area (Å²) >= 11 is 0. The molecule has 1 aromatic rings. The molecule has 0 aliphatic heterocycles. The lowest BCUT2D eigenvalue weighted by atomic mass is 9.95. The molecule has 1 unspecified atom stereocenters.